The monoisotopic (exact) mass is 668 g/mol. The van der Waals surface area contributed by atoms with E-state index in [0.29, 0.717) is 0 Å². The van der Waals surface area contributed by atoms with Crippen LogP contribution < -0.4 is 10.6 Å². The number of benzene rings is 7. The van der Waals surface area contributed by atoms with Crippen LogP contribution in [0.25, 0.3) is 55.2 Å². The topological polar surface area (TPSA) is 33.9 Å². The quantitative estimate of drug-likeness (QED) is 0.196. The molecule has 4 heteroatoms. The Morgan fingerprint density at radius 2 is 1.17 bits per heavy atom. The number of hydrogen-bond acceptors (Lipinski definition) is 2. The van der Waals surface area contributed by atoms with Gasteiger partial charge in [-0.1, -0.05) is 121 Å². The molecule has 11 rings (SSSR count). The van der Waals surface area contributed by atoms with Crippen LogP contribution in [0.3, 0.4) is 0 Å². The minimum Gasteiger partial charge on any atom is -0.366 e. The highest BCUT2D eigenvalue weighted by atomic mass is 15.2. The number of fused-ring (bicyclic) bond motifs is 9. The van der Waals surface area contributed by atoms with Crippen molar-refractivity contribution in [1.29, 1.82) is 0 Å². The van der Waals surface area contributed by atoms with E-state index in [1.165, 1.54) is 83.2 Å². The third kappa shape index (κ3) is 4.44. The van der Waals surface area contributed by atoms with Gasteiger partial charge in [0.1, 0.15) is 6.17 Å². The molecule has 248 valence electrons. The fourth-order valence-corrected chi connectivity index (χ4v) is 8.98. The van der Waals surface area contributed by atoms with Gasteiger partial charge in [-0.2, -0.15) is 0 Å². The van der Waals surface area contributed by atoms with Crippen molar-refractivity contribution in [1.82, 2.24) is 14.5 Å². The summed E-state index contributed by atoms with van der Waals surface area (Å²) >= 11 is 0. The molecule has 52 heavy (non-hydrogen) atoms. The first-order chi connectivity index (χ1) is 25.8. The Labute approximate surface area is 302 Å². The van der Waals surface area contributed by atoms with E-state index >= 15 is 0 Å². The molecular formula is C48H36N4. The molecule has 1 aliphatic carbocycles. The molecule has 4 nitrogen and oxygen atoms in total. The number of anilines is 1. The van der Waals surface area contributed by atoms with Gasteiger partial charge in [0.05, 0.1) is 22.6 Å². The second-order valence-corrected chi connectivity index (χ2v) is 14.2. The van der Waals surface area contributed by atoms with Gasteiger partial charge in [-0.25, -0.2) is 0 Å². The van der Waals surface area contributed by atoms with Gasteiger partial charge in [0.2, 0.25) is 0 Å². The highest BCUT2D eigenvalue weighted by molar-refractivity contribution is 6.16. The maximum absolute atomic E-state index is 3.91. The fourth-order valence-electron chi connectivity index (χ4n) is 8.98. The molecule has 0 fully saturated rings. The van der Waals surface area contributed by atoms with Gasteiger partial charge in [0.25, 0.3) is 0 Å². The van der Waals surface area contributed by atoms with Crippen molar-refractivity contribution in [2.75, 3.05) is 5.32 Å². The number of nitrogens with one attached hydrogen (secondary N) is 2. The van der Waals surface area contributed by atoms with E-state index in [2.05, 4.69) is 190 Å². The van der Waals surface area contributed by atoms with Crippen molar-refractivity contribution in [3.05, 3.63) is 198 Å². The molecule has 0 amide bonds. The first-order valence-corrected chi connectivity index (χ1v) is 18.3. The molecule has 7 aromatic carbocycles. The molecular weight excluding hydrogens is 633 g/mol. The van der Waals surface area contributed by atoms with Crippen molar-refractivity contribution in [2.24, 2.45) is 0 Å². The summed E-state index contributed by atoms with van der Waals surface area (Å²) in [4.78, 5) is 0. The minimum atomic E-state index is -0.0321. The maximum Gasteiger partial charge on any atom is 0.104 e. The number of nitrogens with zero attached hydrogens (tertiary/aromatic N) is 2. The highest BCUT2D eigenvalue weighted by Gasteiger charge is 2.29. The minimum absolute atomic E-state index is 0.0321. The van der Waals surface area contributed by atoms with E-state index in [-0.39, 0.29) is 12.2 Å². The summed E-state index contributed by atoms with van der Waals surface area (Å²) in [6, 6.07) is 62.2. The van der Waals surface area contributed by atoms with E-state index in [1.54, 1.807) is 0 Å². The van der Waals surface area contributed by atoms with Crippen molar-refractivity contribution in [2.45, 2.75) is 25.0 Å². The Morgan fingerprint density at radius 1 is 0.481 bits per heavy atom. The summed E-state index contributed by atoms with van der Waals surface area (Å²) in [5.41, 5.74) is 16.5. The Balaban J connectivity index is 1.08. The Kier molecular flexibility index (Phi) is 6.55. The van der Waals surface area contributed by atoms with Gasteiger partial charge in [-0.15, -0.1) is 0 Å². The Bertz CT molecular complexity index is 2790. The first kappa shape index (κ1) is 29.4. The van der Waals surface area contributed by atoms with Crippen molar-refractivity contribution >= 4 is 38.4 Å². The molecule has 0 saturated carbocycles. The van der Waals surface area contributed by atoms with Gasteiger partial charge in [-0.3, -0.25) is 5.32 Å². The number of para-hydroxylation sites is 3. The molecule has 3 heterocycles. The molecule has 2 aromatic heterocycles. The standard InChI is InChI=1S/C48H36N4/c1-3-14-32(15-4-1)47-38-20-9-11-21-41(38)49-48(50-47)33-23-26-35(27-24-33)51-42-22-12-10-19-37(42)39-29-40-45(30-44(39)51)52(34-16-5-2-6-17-34)43-28-25-31-13-7-8-18-36(31)46(40)43/h1-24,26-27,29-30,47-50H,25,28H2. The lowest BCUT2D eigenvalue weighted by Crippen LogP contribution is -2.37. The molecule has 0 saturated heterocycles. The van der Waals surface area contributed by atoms with Gasteiger partial charge < -0.3 is 14.5 Å². The SMILES string of the molecule is c1ccc(C2NC(c3ccc(-n4c5ccccc5c5cc6c7c(n(-c8ccccc8)c6cc54)CCc4ccccc4-7)cc3)Nc3ccccc32)cc1. The Hall–Kier alpha value is -6.36. The summed E-state index contributed by atoms with van der Waals surface area (Å²) in [6.45, 7) is 0. The molecule has 2 atom stereocenters. The van der Waals surface area contributed by atoms with Crippen LogP contribution in [-0.2, 0) is 12.8 Å². The normalized spacial score (nSPS) is 16.4. The van der Waals surface area contributed by atoms with Gasteiger partial charge in [0.15, 0.2) is 0 Å². The average Bonchev–Trinajstić information content (AvgIpc) is 3.72. The van der Waals surface area contributed by atoms with Crippen LogP contribution in [0.15, 0.2) is 170 Å². The zero-order valence-electron chi connectivity index (χ0n) is 28.6. The first-order valence-electron chi connectivity index (χ1n) is 18.3. The second kappa shape index (κ2) is 11.6. The van der Waals surface area contributed by atoms with Crippen LogP contribution in [0.4, 0.5) is 5.69 Å². The lowest BCUT2D eigenvalue weighted by molar-refractivity contribution is 0.506. The van der Waals surface area contributed by atoms with Crippen LogP contribution in [0.1, 0.15) is 40.2 Å². The largest absolute Gasteiger partial charge is 0.366 e. The number of rotatable bonds is 4. The van der Waals surface area contributed by atoms with Crippen LogP contribution in [0.2, 0.25) is 0 Å². The second-order valence-electron chi connectivity index (χ2n) is 14.2. The molecule has 0 spiro atoms. The van der Waals surface area contributed by atoms with E-state index in [9.17, 15) is 0 Å². The summed E-state index contributed by atoms with van der Waals surface area (Å²) in [6.07, 6.45) is 2.03. The maximum atomic E-state index is 3.91. The third-order valence-electron chi connectivity index (χ3n) is 11.3. The molecule has 2 N–H and O–H groups in total. The van der Waals surface area contributed by atoms with E-state index in [1.807, 2.05) is 0 Å². The number of aryl methyl sites for hydroxylation is 1. The average molecular weight is 669 g/mol. The van der Waals surface area contributed by atoms with E-state index in [4.69, 9.17) is 0 Å². The van der Waals surface area contributed by atoms with Gasteiger partial charge in [0, 0.05) is 44.5 Å². The molecule has 0 radical (unpaired) electrons. The molecule has 2 aliphatic rings. The zero-order chi connectivity index (χ0) is 34.2. The molecule has 0 bridgehead atoms. The smallest absolute Gasteiger partial charge is 0.104 e. The highest BCUT2D eigenvalue weighted by Crippen LogP contribution is 2.45. The van der Waals surface area contributed by atoms with Gasteiger partial charge in [-0.05, 0) is 89.2 Å². The summed E-state index contributed by atoms with van der Waals surface area (Å²) < 4.78 is 4.97. The molecule has 2 unspecified atom stereocenters. The summed E-state index contributed by atoms with van der Waals surface area (Å²) in [7, 11) is 0. The van der Waals surface area contributed by atoms with Crippen LogP contribution in [-0.4, -0.2) is 9.13 Å². The summed E-state index contributed by atoms with van der Waals surface area (Å²) in [5, 5.41) is 11.6. The Morgan fingerprint density at radius 3 is 2.04 bits per heavy atom. The zero-order valence-corrected chi connectivity index (χ0v) is 28.6. The van der Waals surface area contributed by atoms with E-state index in [0.717, 1.165) is 18.5 Å². The van der Waals surface area contributed by atoms with E-state index < -0.39 is 0 Å². The van der Waals surface area contributed by atoms with Crippen molar-refractivity contribution in [3.63, 3.8) is 0 Å². The lowest BCUT2D eigenvalue weighted by atomic mass is 9.88. The third-order valence-corrected chi connectivity index (χ3v) is 11.3. The van der Waals surface area contributed by atoms with Crippen molar-refractivity contribution in [3.8, 4) is 22.5 Å². The number of aromatic nitrogens is 2. The van der Waals surface area contributed by atoms with Crippen LogP contribution in [0.5, 0.6) is 0 Å². The fraction of sp³-hybridized carbons (Fsp3) is 0.0833. The van der Waals surface area contributed by atoms with Crippen LogP contribution in [0, 0.1) is 0 Å². The predicted octanol–water partition coefficient (Wildman–Crippen LogP) is 11.3. The molecule has 9 aromatic rings. The summed E-state index contributed by atoms with van der Waals surface area (Å²) in [5.74, 6) is 0. The number of hydrogen-bond donors (Lipinski definition) is 2. The lowest BCUT2D eigenvalue weighted by Gasteiger charge is -2.35. The van der Waals surface area contributed by atoms with Crippen molar-refractivity contribution < 1.29 is 0 Å². The van der Waals surface area contributed by atoms with Crippen LogP contribution >= 0.6 is 0 Å². The molecule has 1 aliphatic heterocycles. The van der Waals surface area contributed by atoms with Gasteiger partial charge >= 0.3 is 0 Å². The predicted molar refractivity (Wildman–Crippen MR) is 215 cm³/mol.